The zero-order chi connectivity index (χ0) is 13.2. The maximum Gasteiger partial charge on any atom is 0.243 e. The molecule has 0 aromatic carbocycles. The van der Waals surface area contributed by atoms with E-state index in [9.17, 15) is 8.42 Å². The lowest BCUT2D eigenvalue weighted by Gasteiger charge is -2.30. The van der Waals surface area contributed by atoms with E-state index in [4.69, 9.17) is 11.6 Å². The molecule has 0 aliphatic carbocycles. The summed E-state index contributed by atoms with van der Waals surface area (Å²) in [7, 11) is -3.32. The van der Waals surface area contributed by atoms with Gasteiger partial charge in [0.2, 0.25) is 10.0 Å². The average Bonchev–Trinajstić information content (AvgIpc) is 2.88. The molecule has 0 bridgehead atoms. The van der Waals surface area contributed by atoms with Crippen LogP contribution in [0.3, 0.4) is 0 Å². The number of halogens is 1. The van der Waals surface area contributed by atoms with Crippen LogP contribution in [0.5, 0.6) is 0 Å². The maximum atomic E-state index is 12.5. The highest BCUT2D eigenvalue weighted by atomic mass is 35.5. The minimum Gasteiger partial charge on any atom is -0.207 e. The lowest BCUT2D eigenvalue weighted by atomic mass is 10.3. The van der Waals surface area contributed by atoms with Crippen LogP contribution in [0.2, 0.25) is 0 Å². The van der Waals surface area contributed by atoms with Crippen molar-refractivity contribution in [2.45, 2.75) is 29.4 Å². The Bertz CT molecular complexity index is 500. The van der Waals surface area contributed by atoms with Crippen LogP contribution in [0.4, 0.5) is 0 Å². The van der Waals surface area contributed by atoms with Gasteiger partial charge in [-0.05, 0) is 12.5 Å². The fourth-order valence-corrected chi connectivity index (χ4v) is 6.12. The molecule has 0 amide bonds. The molecule has 2 heterocycles. The molecule has 1 fully saturated rings. The van der Waals surface area contributed by atoms with Crippen molar-refractivity contribution in [3.8, 4) is 0 Å². The van der Waals surface area contributed by atoms with Crippen molar-refractivity contribution >= 4 is 44.7 Å². The number of rotatable bonds is 4. The van der Waals surface area contributed by atoms with Crippen molar-refractivity contribution in [3.05, 3.63) is 16.3 Å². The fraction of sp³-hybridized carbons (Fsp3) is 0.636. The van der Waals surface area contributed by atoms with Gasteiger partial charge in [0.05, 0.1) is 10.8 Å². The summed E-state index contributed by atoms with van der Waals surface area (Å²) in [6.45, 7) is 3.33. The predicted molar refractivity (Wildman–Crippen MR) is 79.2 cm³/mol. The van der Waals surface area contributed by atoms with Gasteiger partial charge in [0.1, 0.15) is 0 Å². The van der Waals surface area contributed by atoms with E-state index in [-0.39, 0.29) is 0 Å². The van der Waals surface area contributed by atoms with Crippen LogP contribution in [-0.2, 0) is 15.9 Å². The van der Waals surface area contributed by atoms with Crippen molar-refractivity contribution in [1.82, 2.24) is 4.31 Å². The molecule has 0 spiro atoms. The summed E-state index contributed by atoms with van der Waals surface area (Å²) < 4.78 is 26.5. The summed E-state index contributed by atoms with van der Waals surface area (Å²) in [5.41, 5.74) is 0. The van der Waals surface area contributed by atoms with E-state index >= 15 is 0 Å². The third-order valence-corrected chi connectivity index (χ3v) is 7.70. The molecule has 0 radical (unpaired) electrons. The maximum absolute atomic E-state index is 12.5. The zero-order valence-electron chi connectivity index (χ0n) is 10.1. The summed E-state index contributed by atoms with van der Waals surface area (Å²) >= 11 is 8.99. The monoisotopic (exact) mass is 325 g/mol. The molecular formula is C11H16ClNO2S3. The quantitative estimate of drug-likeness (QED) is 0.799. The number of hydrogen-bond donors (Lipinski definition) is 0. The van der Waals surface area contributed by atoms with Crippen LogP contribution >= 0.6 is 34.7 Å². The highest BCUT2D eigenvalue weighted by molar-refractivity contribution is 8.00. The van der Waals surface area contributed by atoms with E-state index in [1.165, 1.54) is 11.3 Å². The van der Waals surface area contributed by atoms with Gasteiger partial charge in [-0.2, -0.15) is 16.1 Å². The van der Waals surface area contributed by atoms with E-state index in [1.54, 1.807) is 15.8 Å². The Hall–Kier alpha value is 0.250. The van der Waals surface area contributed by atoms with Crippen LogP contribution in [0.15, 0.2) is 16.3 Å². The third kappa shape index (κ3) is 3.04. The first-order valence-electron chi connectivity index (χ1n) is 5.83. The van der Waals surface area contributed by atoms with Crippen LogP contribution < -0.4 is 0 Å². The van der Waals surface area contributed by atoms with E-state index in [0.717, 1.165) is 17.1 Å². The number of hydrogen-bond acceptors (Lipinski definition) is 4. The predicted octanol–water partition coefficient (Wildman–Crippen LogP) is 3.00. The fourth-order valence-electron chi connectivity index (χ4n) is 1.87. The van der Waals surface area contributed by atoms with Gasteiger partial charge >= 0.3 is 0 Å². The zero-order valence-corrected chi connectivity index (χ0v) is 13.3. The second-order valence-corrected chi connectivity index (χ2v) is 8.76. The number of alkyl halides is 1. The normalized spacial score (nSPS) is 22.2. The van der Waals surface area contributed by atoms with E-state index in [0.29, 0.717) is 29.1 Å². The second-order valence-electron chi connectivity index (χ2n) is 4.15. The first kappa shape index (κ1) is 14.7. The van der Waals surface area contributed by atoms with E-state index in [2.05, 4.69) is 6.92 Å². The van der Waals surface area contributed by atoms with E-state index in [1.807, 2.05) is 11.8 Å². The molecule has 18 heavy (non-hydrogen) atoms. The summed E-state index contributed by atoms with van der Waals surface area (Å²) in [5.74, 6) is 1.25. The molecule has 2 rings (SSSR count). The van der Waals surface area contributed by atoms with Crippen molar-refractivity contribution < 1.29 is 8.42 Å². The Morgan fingerprint density at radius 2 is 2.33 bits per heavy atom. The lowest BCUT2D eigenvalue weighted by Crippen LogP contribution is -2.41. The molecular weight excluding hydrogens is 310 g/mol. The number of thiophene rings is 1. The van der Waals surface area contributed by atoms with Gasteiger partial charge in [0.15, 0.2) is 0 Å². The van der Waals surface area contributed by atoms with Crippen molar-refractivity contribution in [3.63, 3.8) is 0 Å². The molecule has 1 atom stereocenters. The Balaban J connectivity index is 2.19. The van der Waals surface area contributed by atoms with Gasteiger partial charge in [0, 0.05) is 34.3 Å². The summed E-state index contributed by atoms with van der Waals surface area (Å²) in [5, 5.41) is 2.11. The number of thioether (sulfide) groups is 1. The molecule has 0 saturated carbocycles. The standard InChI is InChI=1S/C11H16ClNO2S3/c1-2-9-7-13(3-4-16-9)18(14,15)11-5-10(6-12)17-8-11/h5,8-9H,2-4,6-7H2,1H3. The Kier molecular flexibility index (Phi) is 4.99. The van der Waals surface area contributed by atoms with Gasteiger partial charge in [-0.3, -0.25) is 0 Å². The topological polar surface area (TPSA) is 37.4 Å². The molecule has 1 aliphatic rings. The van der Waals surface area contributed by atoms with Gasteiger partial charge in [0.25, 0.3) is 0 Å². The van der Waals surface area contributed by atoms with Gasteiger partial charge in [-0.25, -0.2) is 8.42 Å². The van der Waals surface area contributed by atoms with Crippen LogP contribution in [-0.4, -0.2) is 36.8 Å². The van der Waals surface area contributed by atoms with Crippen molar-refractivity contribution in [2.24, 2.45) is 0 Å². The van der Waals surface area contributed by atoms with Crippen molar-refractivity contribution in [2.75, 3.05) is 18.8 Å². The molecule has 0 N–H and O–H groups in total. The summed E-state index contributed by atoms with van der Waals surface area (Å²) in [6.07, 6.45) is 1.01. The highest BCUT2D eigenvalue weighted by Crippen LogP contribution is 2.28. The molecule has 102 valence electrons. The van der Waals surface area contributed by atoms with Crippen LogP contribution in [0.1, 0.15) is 18.2 Å². The smallest absolute Gasteiger partial charge is 0.207 e. The number of nitrogens with zero attached hydrogens (tertiary/aromatic N) is 1. The lowest BCUT2D eigenvalue weighted by molar-refractivity contribution is 0.416. The van der Waals surface area contributed by atoms with Crippen molar-refractivity contribution in [1.29, 1.82) is 0 Å². The minimum atomic E-state index is -3.32. The molecule has 1 aromatic heterocycles. The SMILES string of the molecule is CCC1CN(S(=O)(=O)c2csc(CCl)c2)CCS1. The second kappa shape index (κ2) is 6.13. The summed E-state index contributed by atoms with van der Waals surface area (Å²) in [6, 6.07) is 1.69. The number of sulfonamides is 1. The molecule has 1 unspecified atom stereocenters. The molecule has 1 aliphatic heterocycles. The Labute approximate surface area is 122 Å². The summed E-state index contributed by atoms with van der Waals surface area (Å²) in [4.78, 5) is 1.29. The Morgan fingerprint density at radius 1 is 1.56 bits per heavy atom. The first-order valence-corrected chi connectivity index (χ1v) is 9.73. The van der Waals surface area contributed by atoms with Gasteiger partial charge < -0.3 is 0 Å². The van der Waals surface area contributed by atoms with Gasteiger partial charge in [-0.15, -0.1) is 22.9 Å². The average molecular weight is 326 g/mol. The molecule has 1 saturated heterocycles. The highest BCUT2D eigenvalue weighted by Gasteiger charge is 2.30. The van der Waals surface area contributed by atoms with Crippen LogP contribution in [0.25, 0.3) is 0 Å². The molecule has 3 nitrogen and oxygen atoms in total. The largest absolute Gasteiger partial charge is 0.243 e. The Morgan fingerprint density at radius 3 is 2.94 bits per heavy atom. The van der Waals surface area contributed by atoms with Gasteiger partial charge in [-0.1, -0.05) is 6.92 Å². The third-order valence-electron chi connectivity index (χ3n) is 2.96. The van der Waals surface area contributed by atoms with E-state index < -0.39 is 10.0 Å². The first-order chi connectivity index (χ1) is 8.57. The minimum absolute atomic E-state index is 0.369. The van der Waals surface area contributed by atoms with Crippen LogP contribution in [0, 0.1) is 0 Å². The molecule has 7 heteroatoms. The molecule has 1 aromatic rings.